The van der Waals surface area contributed by atoms with Gasteiger partial charge in [-0.2, -0.15) is 0 Å². The van der Waals surface area contributed by atoms with Crippen LogP contribution in [0.15, 0.2) is 24.3 Å². The monoisotopic (exact) mass is 301 g/mol. The molecule has 1 aromatic rings. The Morgan fingerprint density at radius 1 is 1.15 bits per heavy atom. The zero-order valence-electron chi connectivity index (χ0n) is 10.7. The van der Waals surface area contributed by atoms with Crippen molar-refractivity contribution in [3.05, 3.63) is 34.9 Å². The minimum atomic E-state index is -1.41. The number of carbonyl (C=O) groups is 1. The van der Waals surface area contributed by atoms with E-state index in [-0.39, 0.29) is 0 Å². The number of hydrogen-bond donors (Lipinski definition) is 4. The maximum Gasteiger partial charge on any atom is 0.253 e. The van der Waals surface area contributed by atoms with Gasteiger partial charge in [-0.15, -0.1) is 0 Å². The highest BCUT2D eigenvalue weighted by molar-refractivity contribution is 6.30. The molecule has 1 aliphatic rings. The molecule has 0 bridgehead atoms. The highest BCUT2D eigenvalue weighted by atomic mass is 35.5. The SMILES string of the molecule is C[C@@H]1O[C@H](NC(=O)c2ccc(Cl)cc2)[C@@H](O)[C@H](O)[C@@H]1O. The molecule has 0 saturated carbocycles. The molecule has 1 heterocycles. The lowest BCUT2D eigenvalue weighted by molar-refractivity contribution is -0.221. The van der Waals surface area contributed by atoms with Crippen molar-refractivity contribution >= 4 is 17.5 Å². The van der Waals surface area contributed by atoms with E-state index in [2.05, 4.69) is 5.32 Å². The maximum atomic E-state index is 12.0. The number of halogens is 1. The van der Waals surface area contributed by atoms with Crippen molar-refractivity contribution in [2.45, 2.75) is 37.6 Å². The smallest absolute Gasteiger partial charge is 0.253 e. The van der Waals surface area contributed by atoms with Gasteiger partial charge in [0.25, 0.3) is 5.91 Å². The van der Waals surface area contributed by atoms with E-state index in [1.165, 1.54) is 12.1 Å². The number of ether oxygens (including phenoxy) is 1. The number of aliphatic hydroxyl groups is 3. The first-order valence-electron chi connectivity index (χ1n) is 6.16. The molecule has 1 saturated heterocycles. The number of aliphatic hydroxyl groups excluding tert-OH is 3. The van der Waals surface area contributed by atoms with Crippen molar-refractivity contribution in [3.8, 4) is 0 Å². The molecule has 0 radical (unpaired) electrons. The van der Waals surface area contributed by atoms with Gasteiger partial charge in [-0.25, -0.2) is 0 Å². The average molecular weight is 302 g/mol. The number of carbonyl (C=O) groups excluding carboxylic acids is 1. The molecule has 0 aromatic heterocycles. The molecule has 2 rings (SSSR count). The van der Waals surface area contributed by atoms with Gasteiger partial charge in [0.2, 0.25) is 0 Å². The van der Waals surface area contributed by atoms with Gasteiger partial charge in [-0.3, -0.25) is 4.79 Å². The minimum Gasteiger partial charge on any atom is -0.388 e. The first-order valence-corrected chi connectivity index (χ1v) is 6.54. The summed E-state index contributed by atoms with van der Waals surface area (Å²) in [7, 11) is 0. The van der Waals surface area contributed by atoms with E-state index in [9.17, 15) is 20.1 Å². The average Bonchev–Trinajstić information content (AvgIpc) is 2.43. The fourth-order valence-corrected chi connectivity index (χ4v) is 2.11. The molecular formula is C13H16ClNO5. The van der Waals surface area contributed by atoms with Crippen molar-refractivity contribution in [1.82, 2.24) is 5.32 Å². The van der Waals surface area contributed by atoms with Crippen molar-refractivity contribution < 1.29 is 24.9 Å². The topological polar surface area (TPSA) is 99.0 Å². The summed E-state index contributed by atoms with van der Waals surface area (Å²) < 4.78 is 5.28. The van der Waals surface area contributed by atoms with Crippen LogP contribution in [-0.2, 0) is 4.74 Å². The molecular weight excluding hydrogens is 286 g/mol. The van der Waals surface area contributed by atoms with Crippen molar-refractivity contribution in [2.24, 2.45) is 0 Å². The summed E-state index contributed by atoms with van der Waals surface area (Å²) >= 11 is 5.73. The van der Waals surface area contributed by atoms with Crippen LogP contribution in [0.2, 0.25) is 5.02 Å². The van der Waals surface area contributed by atoms with E-state index in [1.807, 2.05) is 0 Å². The quantitative estimate of drug-likeness (QED) is 0.611. The molecule has 20 heavy (non-hydrogen) atoms. The van der Waals surface area contributed by atoms with Gasteiger partial charge in [-0.05, 0) is 31.2 Å². The van der Waals surface area contributed by atoms with Crippen molar-refractivity contribution in [2.75, 3.05) is 0 Å². The number of benzene rings is 1. The lowest BCUT2D eigenvalue weighted by atomic mass is 9.99. The Morgan fingerprint density at radius 3 is 2.35 bits per heavy atom. The predicted molar refractivity (Wildman–Crippen MR) is 71.3 cm³/mol. The van der Waals surface area contributed by atoms with Gasteiger partial charge in [0, 0.05) is 10.6 Å². The highest BCUT2D eigenvalue weighted by Crippen LogP contribution is 2.20. The number of amides is 1. The molecule has 110 valence electrons. The summed E-state index contributed by atoms with van der Waals surface area (Å²) in [5.74, 6) is -0.471. The van der Waals surface area contributed by atoms with Crippen LogP contribution in [0.1, 0.15) is 17.3 Å². The van der Waals surface area contributed by atoms with Crippen molar-refractivity contribution in [3.63, 3.8) is 0 Å². The molecule has 7 heteroatoms. The molecule has 4 N–H and O–H groups in total. The van der Waals surface area contributed by atoms with E-state index in [0.717, 1.165) is 0 Å². The highest BCUT2D eigenvalue weighted by Gasteiger charge is 2.42. The van der Waals surface area contributed by atoms with Gasteiger partial charge in [0.1, 0.15) is 18.3 Å². The fourth-order valence-electron chi connectivity index (χ4n) is 1.98. The number of rotatable bonds is 2. The molecule has 1 fully saturated rings. The standard InChI is InChI=1S/C13H16ClNO5/c1-6-9(16)10(17)11(18)13(20-6)15-12(19)7-2-4-8(14)5-3-7/h2-6,9-11,13,16-18H,1H3,(H,15,19)/t6-,9+,10+,11-,13-/m0/s1. The van der Waals surface area contributed by atoms with Crippen LogP contribution in [-0.4, -0.2) is 51.9 Å². The van der Waals surface area contributed by atoms with Crippen LogP contribution in [0.25, 0.3) is 0 Å². The minimum absolute atomic E-state index is 0.346. The van der Waals surface area contributed by atoms with E-state index in [4.69, 9.17) is 16.3 Å². The molecule has 1 amide bonds. The second-order valence-electron chi connectivity index (χ2n) is 4.71. The van der Waals surface area contributed by atoms with Gasteiger partial charge in [0.15, 0.2) is 6.23 Å². The largest absolute Gasteiger partial charge is 0.388 e. The zero-order chi connectivity index (χ0) is 14.9. The third-order valence-corrected chi connectivity index (χ3v) is 3.48. The third-order valence-electron chi connectivity index (χ3n) is 3.23. The summed E-state index contributed by atoms with van der Waals surface area (Å²) in [4.78, 5) is 12.0. The van der Waals surface area contributed by atoms with Crippen LogP contribution in [0.3, 0.4) is 0 Å². The molecule has 1 aromatic carbocycles. The lowest BCUT2D eigenvalue weighted by Crippen LogP contribution is -2.61. The molecule has 0 unspecified atom stereocenters. The molecule has 6 nitrogen and oxygen atoms in total. The van der Waals surface area contributed by atoms with Crippen LogP contribution < -0.4 is 5.32 Å². The third kappa shape index (κ3) is 3.11. The Labute approximate surface area is 120 Å². The van der Waals surface area contributed by atoms with Crippen LogP contribution in [0, 0.1) is 0 Å². The summed E-state index contributed by atoms with van der Waals surface area (Å²) in [5, 5.41) is 32.0. The summed E-state index contributed by atoms with van der Waals surface area (Å²) in [6.45, 7) is 1.54. The van der Waals surface area contributed by atoms with Gasteiger partial charge in [-0.1, -0.05) is 11.6 Å². The van der Waals surface area contributed by atoms with E-state index >= 15 is 0 Å². The summed E-state index contributed by atoms with van der Waals surface area (Å²) in [6.07, 6.45) is -5.78. The first-order chi connectivity index (χ1) is 9.40. The predicted octanol–water partition coefficient (Wildman–Crippen LogP) is -0.103. The Morgan fingerprint density at radius 2 is 1.75 bits per heavy atom. The van der Waals surface area contributed by atoms with Gasteiger partial charge < -0.3 is 25.4 Å². The van der Waals surface area contributed by atoms with E-state index in [1.54, 1.807) is 19.1 Å². The van der Waals surface area contributed by atoms with Crippen molar-refractivity contribution in [1.29, 1.82) is 0 Å². The lowest BCUT2D eigenvalue weighted by Gasteiger charge is -2.39. The Balaban J connectivity index is 2.05. The molecule has 1 aliphatic heterocycles. The van der Waals surface area contributed by atoms with Gasteiger partial charge >= 0.3 is 0 Å². The number of hydrogen-bond acceptors (Lipinski definition) is 5. The van der Waals surface area contributed by atoms with Crippen LogP contribution in [0.4, 0.5) is 0 Å². The maximum absolute atomic E-state index is 12.0. The van der Waals surface area contributed by atoms with Crippen LogP contribution in [0.5, 0.6) is 0 Å². The Bertz CT molecular complexity index is 480. The van der Waals surface area contributed by atoms with Crippen LogP contribution >= 0.6 is 11.6 Å². The van der Waals surface area contributed by atoms with E-state index < -0.39 is 36.6 Å². The van der Waals surface area contributed by atoms with Gasteiger partial charge in [0.05, 0.1) is 6.10 Å². The molecule has 0 spiro atoms. The normalized spacial score (nSPS) is 33.8. The Kier molecular flexibility index (Phi) is 4.62. The Hall–Kier alpha value is -1.18. The zero-order valence-corrected chi connectivity index (χ0v) is 11.5. The van der Waals surface area contributed by atoms with E-state index in [0.29, 0.717) is 10.6 Å². The second kappa shape index (κ2) is 6.07. The fraction of sp³-hybridized carbons (Fsp3) is 0.462. The summed E-state index contributed by atoms with van der Waals surface area (Å²) in [5.41, 5.74) is 0.346. The summed E-state index contributed by atoms with van der Waals surface area (Å²) in [6, 6.07) is 6.19. The molecule has 5 atom stereocenters. The first kappa shape index (κ1) is 15.2. The number of nitrogens with one attached hydrogen (secondary N) is 1. The molecule has 0 aliphatic carbocycles. The second-order valence-corrected chi connectivity index (χ2v) is 5.15.